The molecule has 0 bridgehead atoms. The van der Waals surface area contributed by atoms with Crippen molar-refractivity contribution in [3.05, 3.63) is 59.8 Å². The number of aromatic nitrogens is 1. The van der Waals surface area contributed by atoms with E-state index >= 15 is 0 Å². The van der Waals surface area contributed by atoms with Crippen LogP contribution < -0.4 is 9.75 Å². The Hall–Kier alpha value is -1.93. The number of hydrogen-bond donors (Lipinski definition) is 0. The molecule has 0 unspecified atom stereocenters. The van der Waals surface area contributed by atoms with E-state index in [2.05, 4.69) is 94.1 Å². The van der Waals surface area contributed by atoms with E-state index in [9.17, 15) is 0 Å². The van der Waals surface area contributed by atoms with Crippen LogP contribution in [0.25, 0.3) is 22.0 Å². The van der Waals surface area contributed by atoms with Crippen molar-refractivity contribution in [3.63, 3.8) is 0 Å². The van der Waals surface area contributed by atoms with Crippen molar-refractivity contribution < 1.29 is 4.57 Å². The first-order valence-corrected chi connectivity index (χ1v) is 14.9. The number of aryl methyl sites for hydroxylation is 2. The highest BCUT2D eigenvalue weighted by Gasteiger charge is 2.28. The minimum atomic E-state index is -1.43. The van der Waals surface area contributed by atoms with E-state index in [-0.39, 0.29) is 0 Å². The van der Waals surface area contributed by atoms with E-state index < -0.39 is 8.07 Å². The maximum Gasteiger partial charge on any atom is 0.220 e. The second-order valence-electron chi connectivity index (χ2n) is 10.4. The molecule has 0 radical (unpaired) electrons. The maximum absolute atomic E-state index is 2.50. The van der Waals surface area contributed by atoms with E-state index in [1.54, 1.807) is 5.19 Å². The highest BCUT2D eigenvalue weighted by atomic mass is 28.3. The number of rotatable bonds is 4. The van der Waals surface area contributed by atoms with Crippen molar-refractivity contribution in [1.82, 2.24) is 0 Å². The number of fused-ring (bicyclic) bond motifs is 1. The van der Waals surface area contributed by atoms with Gasteiger partial charge in [-0.3, -0.25) is 0 Å². The van der Waals surface area contributed by atoms with Crippen LogP contribution in [0.15, 0.2) is 48.7 Å². The third-order valence-electron chi connectivity index (χ3n) is 7.92. The number of nitrogens with zero attached hydrogens (tertiary/aromatic N) is 1. The Morgan fingerprint density at radius 1 is 0.933 bits per heavy atom. The van der Waals surface area contributed by atoms with Crippen LogP contribution in [0.2, 0.25) is 18.6 Å². The van der Waals surface area contributed by atoms with Gasteiger partial charge in [-0.2, -0.15) is 0 Å². The van der Waals surface area contributed by atoms with Gasteiger partial charge in [0.2, 0.25) is 5.69 Å². The van der Waals surface area contributed by atoms with Gasteiger partial charge in [0.05, 0.1) is 13.5 Å². The predicted molar refractivity (Wildman–Crippen MR) is 133 cm³/mol. The highest BCUT2D eigenvalue weighted by molar-refractivity contribution is 6.91. The second-order valence-corrected chi connectivity index (χ2v) is 15.5. The summed E-state index contributed by atoms with van der Waals surface area (Å²) < 4.78 is 2.32. The fraction of sp³-hybridized carbons (Fsp3) is 0.464. The average molecular weight is 417 g/mol. The van der Waals surface area contributed by atoms with Gasteiger partial charge in [0, 0.05) is 11.6 Å². The van der Waals surface area contributed by atoms with Gasteiger partial charge in [-0.05, 0) is 59.9 Å². The Labute approximate surface area is 184 Å². The summed E-state index contributed by atoms with van der Waals surface area (Å²) in [5, 5.41) is 4.32. The standard InChI is InChI=1S/C28H38NSi/c1-20(2)30(5,6)25-14-15-26-24(18-25)16-17-29(4)28(26)27-19-23(13-12-21(27)3)22-10-8-7-9-11-22/h12-20,22H,7-11H2,1-6H3/q+1. The van der Waals surface area contributed by atoms with E-state index in [0.717, 1.165) is 11.5 Å². The minimum absolute atomic E-state index is 0.739. The van der Waals surface area contributed by atoms with Gasteiger partial charge in [-0.15, -0.1) is 0 Å². The SMILES string of the molecule is Cc1ccc(C2CCCCC2)cc1-c1c2ccc([Si](C)(C)C(C)C)cc2cc[n+]1C. The topological polar surface area (TPSA) is 3.88 Å². The summed E-state index contributed by atoms with van der Waals surface area (Å²) >= 11 is 0. The Morgan fingerprint density at radius 3 is 2.37 bits per heavy atom. The molecule has 4 rings (SSSR count). The molecule has 1 aliphatic rings. The van der Waals surface area contributed by atoms with Crippen LogP contribution in [0.3, 0.4) is 0 Å². The molecular weight excluding hydrogens is 378 g/mol. The lowest BCUT2D eigenvalue weighted by atomic mass is 9.82. The summed E-state index contributed by atoms with van der Waals surface area (Å²) in [7, 11) is 0.763. The van der Waals surface area contributed by atoms with Crippen molar-refractivity contribution in [1.29, 1.82) is 0 Å². The van der Waals surface area contributed by atoms with Crippen molar-refractivity contribution in [2.75, 3.05) is 0 Å². The Bertz CT molecular complexity index is 1060. The molecule has 0 aliphatic heterocycles. The van der Waals surface area contributed by atoms with Crippen molar-refractivity contribution in [3.8, 4) is 11.3 Å². The monoisotopic (exact) mass is 416 g/mol. The van der Waals surface area contributed by atoms with Crippen LogP contribution in [-0.4, -0.2) is 8.07 Å². The second kappa shape index (κ2) is 8.30. The lowest BCUT2D eigenvalue weighted by Crippen LogP contribution is -2.44. The molecule has 0 amide bonds. The first-order chi connectivity index (χ1) is 14.3. The summed E-state index contributed by atoms with van der Waals surface area (Å²) in [5.41, 5.74) is 6.41. The maximum atomic E-state index is 2.50. The fourth-order valence-electron chi connectivity index (χ4n) is 5.03. The van der Waals surface area contributed by atoms with Crippen LogP contribution in [0.1, 0.15) is 63.0 Å². The van der Waals surface area contributed by atoms with Gasteiger partial charge in [0.25, 0.3) is 0 Å². The molecule has 1 aliphatic carbocycles. The summed E-state index contributed by atoms with van der Waals surface area (Å²) in [6.45, 7) is 12.0. The molecule has 2 aromatic carbocycles. The largest absolute Gasteiger partial charge is 0.220 e. The van der Waals surface area contributed by atoms with Crippen molar-refractivity contribution in [2.24, 2.45) is 7.05 Å². The van der Waals surface area contributed by atoms with Gasteiger partial charge in [-0.25, -0.2) is 4.57 Å². The zero-order chi connectivity index (χ0) is 21.5. The molecule has 1 nitrogen and oxygen atoms in total. The molecule has 0 saturated heterocycles. The van der Waals surface area contributed by atoms with Crippen LogP contribution in [0.4, 0.5) is 0 Å². The molecular formula is C28H38NSi+. The molecule has 1 saturated carbocycles. The lowest BCUT2D eigenvalue weighted by Gasteiger charge is -2.27. The molecule has 0 atom stereocenters. The Morgan fingerprint density at radius 2 is 1.67 bits per heavy atom. The molecule has 1 aromatic heterocycles. The van der Waals surface area contributed by atoms with Gasteiger partial charge >= 0.3 is 0 Å². The molecule has 30 heavy (non-hydrogen) atoms. The molecule has 3 aromatic rings. The summed E-state index contributed by atoms with van der Waals surface area (Å²) in [4.78, 5) is 0. The Kier molecular flexibility index (Phi) is 5.90. The van der Waals surface area contributed by atoms with Crippen LogP contribution in [0.5, 0.6) is 0 Å². The zero-order valence-corrected chi connectivity index (χ0v) is 20.8. The third-order valence-corrected chi connectivity index (χ3v) is 12.6. The van der Waals surface area contributed by atoms with Gasteiger partial charge in [0.1, 0.15) is 7.05 Å². The number of hydrogen-bond acceptors (Lipinski definition) is 0. The molecule has 158 valence electrons. The quantitative estimate of drug-likeness (QED) is 0.318. The molecule has 2 heteroatoms. The Balaban J connectivity index is 1.85. The molecule has 0 spiro atoms. The average Bonchev–Trinajstić information content (AvgIpc) is 2.74. The minimum Gasteiger partial charge on any atom is -0.200 e. The van der Waals surface area contributed by atoms with Crippen LogP contribution in [-0.2, 0) is 7.05 Å². The molecule has 0 N–H and O–H groups in total. The van der Waals surface area contributed by atoms with E-state index in [1.807, 2.05) is 0 Å². The smallest absolute Gasteiger partial charge is 0.200 e. The van der Waals surface area contributed by atoms with Gasteiger partial charge < -0.3 is 0 Å². The summed E-state index contributed by atoms with van der Waals surface area (Å²) in [6.07, 6.45) is 9.12. The van der Waals surface area contributed by atoms with Gasteiger partial charge in [-0.1, -0.05) is 75.7 Å². The van der Waals surface area contributed by atoms with Crippen molar-refractivity contribution in [2.45, 2.75) is 77.4 Å². The summed E-state index contributed by atoms with van der Waals surface area (Å²) in [6, 6.07) is 16.8. The summed E-state index contributed by atoms with van der Waals surface area (Å²) in [5.74, 6) is 0.739. The number of pyridine rings is 1. The van der Waals surface area contributed by atoms with Crippen molar-refractivity contribution >= 4 is 24.0 Å². The van der Waals surface area contributed by atoms with Crippen LogP contribution in [0, 0.1) is 6.92 Å². The first kappa shape index (κ1) is 21.3. The zero-order valence-electron chi connectivity index (χ0n) is 19.8. The fourth-order valence-corrected chi connectivity index (χ4v) is 6.73. The normalized spacial score (nSPS) is 15.8. The van der Waals surface area contributed by atoms with E-state index in [0.29, 0.717) is 0 Å². The van der Waals surface area contributed by atoms with E-state index in [1.165, 1.54) is 65.3 Å². The predicted octanol–water partition coefficient (Wildman–Crippen LogP) is 7.01. The molecule has 1 heterocycles. The highest BCUT2D eigenvalue weighted by Crippen LogP contribution is 2.36. The van der Waals surface area contributed by atoms with E-state index in [4.69, 9.17) is 0 Å². The lowest BCUT2D eigenvalue weighted by molar-refractivity contribution is -0.659. The number of benzene rings is 2. The first-order valence-electron chi connectivity index (χ1n) is 11.8. The third kappa shape index (κ3) is 3.87. The van der Waals surface area contributed by atoms with Crippen LogP contribution >= 0.6 is 0 Å². The molecule has 1 fully saturated rings. The van der Waals surface area contributed by atoms with Gasteiger partial charge in [0.15, 0.2) is 6.20 Å².